The minimum Gasteiger partial charge on any atom is -0.459 e. The van der Waals surface area contributed by atoms with Crippen LogP contribution >= 0.6 is 0 Å². The average molecular weight is 248 g/mol. The van der Waals surface area contributed by atoms with Crippen molar-refractivity contribution < 1.29 is 9.47 Å². The van der Waals surface area contributed by atoms with Gasteiger partial charge >= 0.3 is 0 Å². The first kappa shape index (κ1) is 13.3. The molecule has 0 aromatic carbocycles. The third kappa shape index (κ3) is 3.94. The molecule has 0 spiro atoms. The van der Waals surface area contributed by atoms with E-state index < -0.39 is 0 Å². The molecule has 0 amide bonds. The van der Waals surface area contributed by atoms with E-state index >= 15 is 0 Å². The second kappa shape index (κ2) is 6.67. The molecule has 0 atom stereocenters. The van der Waals surface area contributed by atoms with Crippen LogP contribution in [0, 0.1) is 0 Å². The molecule has 0 fully saturated rings. The highest BCUT2D eigenvalue weighted by Gasteiger charge is 2.18. The summed E-state index contributed by atoms with van der Waals surface area (Å²) < 4.78 is 12.0. The highest BCUT2D eigenvalue weighted by atomic mass is 16.7. The summed E-state index contributed by atoms with van der Waals surface area (Å²) in [6.07, 6.45) is 14.1. The standard InChI is InChI=1S/C16H24O2/c1-3-13(2)12-16(17-14-8-4-5-9-14)18-15-10-6-7-11-15/h3,8,10,16H,4-7,9,11-12H2,1-2H3. The van der Waals surface area contributed by atoms with Crippen LogP contribution in [-0.2, 0) is 9.47 Å². The molecular weight excluding hydrogens is 224 g/mol. The maximum absolute atomic E-state index is 6.00. The summed E-state index contributed by atoms with van der Waals surface area (Å²) in [5, 5.41) is 0. The Morgan fingerprint density at radius 1 is 1.17 bits per heavy atom. The van der Waals surface area contributed by atoms with E-state index in [1.165, 1.54) is 18.4 Å². The second-order valence-electron chi connectivity index (χ2n) is 5.13. The Kier molecular flexibility index (Phi) is 4.91. The predicted molar refractivity (Wildman–Crippen MR) is 73.9 cm³/mol. The van der Waals surface area contributed by atoms with Gasteiger partial charge in [0.05, 0.1) is 11.5 Å². The fourth-order valence-electron chi connectivity index (χ4n) is 2.32. The average Bonchev–Trinajstić information content (AvgIpc) is 3.02. The van der Waals surface area contributed by atoms with Crippen LogP contribution in [0.1, 0.15) is 58.8 Å². The number of hydrogen-bond acceptors (Lipinski definition) is 2. The molecule has 0 saturated carbocycles. The van der Waals surface area contributed by atoms with E-state index in [0.717, 1.165) is 43.6 Å². The van der Waals surface area contributed by atoms with Gasteiger partial charge in [0.1, 0.15) is 0 Å². The van der Waals surface area contributed by atoms with Crippen LogP contribution in [0.25, 0.3) is 0 Å². The maximum Gasteiger partial charge on any atom is 0.243 e. The van der Waals surface area contributed by atoms with Gasteiger partial charge in [-0.05, 0) is 51.7 Å². The number of allylic oxidation sites excluding steroid dienone is 5. The van der Waals surface area contributed by atoms with Gasteiger partial charge in [0.15, 0.2) is 0 Å². The largest absolute Gasteiger partial charge is 0.459 e. The highest BCUT2D eigenvalue weighted by Crippen LogP contribution is 2.27. The fourth-order valence-corrected chi connectivity index (χ4v) is 2.32. The van der Waals surface area contributed by atoms with Gasteiger partial charge in [-0.3, -0.25) is 0 Å². The van der Waals surface area contributed by atoms with Crippen molar-refractivity contribution in [2.75, 3.05) is 0 Å². The Labute approximate surface area is 110 Å². The zero-order valence-corrected chi connectivity index (χ0v) is 11.6. The van der Waals surface area contributed by atoms with Crippen LogP contribution in [0.3, 0.4) is 0 Å². The van der Waals surface area contributed by atoms with Gasteiger partial charge in [0, 0.05) is 19.3 Å². The third-order valence-corrected chi connectivity index (χ3v) is 3.55. The molecule has 18 heavy (non-hydrogen) atoms. The Morgan fingerprint density at radius 3 is 2.11 bits per heavy atom. The highest BCUT2D eigenvalue weighted by molar-refractivity contribution is 5.04. The minimum atomic E-state index is -0.144. The Morgan fingerprint density at radius 2 is 1.72 bits per heavy atom. The van der Waals surface area contributed by atoms with Crippen molar-refractivity contribution in [1.29, 1.82) is 0 Å². The van der Waals surface area contributed by atoms with E-state index in [4.69, 9.17) is 9.47 Å². The van der Waals surface area contributed by atoms with E-state index in [0.29, 0.717) is 0 Å². The van der Waals surface area contributed by atoms with Crippen LogP contribution in [0.15, 0.2) is 35.3 Å². The van der Waals surface area contributed by atoms with E-state index in [1.807, 2.05) is 0 Å². The molecular formula is C16H24O2. The molecule has 0 aromatic heterocycles. The Bertz CT molecular complexity index is 337. The lowest BCUT2D eigenvalue weighted by Gasteiger charge is -2.22. The molecule has 0 aromatic rings. The van der Waals surface area contributed by atoms with Gasteiger partial charge in [0.25, 0.3) is 0 Å². The summed E-state index contributed by atoms with van der Waals surface area (Å²) in [6, 6.07) is 0. The predicted octanol–water partition coefficient (Wildman–Crippen LogP) is 4.84. The number of hydrogen-bond donors (Lipinski definition) is 0. The smallest absolute Gasteiger partial charge is 0.243 e. The van der Waals surface area contributed by atoms with Crippen LogP contribution in [-0.4, -0.2) is 6.29 Å². The van der Waals surface area contributed by atoms with Gasteiger partial charge < -0.3 is 9.47 Å². The second-order valence-corrected chi connectivity index (χ2v) is 5.13. The molecule has 2 aliphatic rings. The van der Waals surface area contributed by atoms with Crippen molar-refractivity contribution in [3.63, 3.8) is 0 Å². The SMILES string of the molecule is CC=C(C)CC(OC1=CCCC1)OC1=CCCC1. The summed E-state index contributed by atoms with van der Waals surface area (Å²) in [4.78, 5) is 0. The van der Waals surface area contributed by atoms with Gasteiger partial charge in [-0.15, -0.1) is 0 Å². The zero-order valence-electron chi connectivity index (χ0n) is 11.6. The molecule has 0 saturated heterocycles. The van der Waals surface area contributed by atoms with Crippen molar-refractivity contribution in [3.05, 3.63) is 35.3 Å². The third-order valence-electron chi connectivity index (χ3n) is 3.55. The van der Waals surface area contributed by atoms with Crippen LogP contribution < -0.4 is 0 Å². The van der Waals surface area contributed by atoms with Crippen molar-refractivity contribution in [2.45, 2.75) is 65.1 Å². The van der Waals surface area contributed by atoms with Gasteiger partial charge in [0.2, 0.25) is 6.29 Å². The van der Waals surface area contributed by atoms with Crippen LogP contribution in [0.5, 0.6) is 0 Å². The van der Waals surface area contributed by atoms with Crippen LogP contribution in [0.2, 0.25) is 0 Å². The number of ether oxygens (including phenoxy) is 2. The Hall–Kier alpha value is -1.18. The van der Waals surface area contributed by atoms with Crippen molar-refractivity contribution >= 4 is 0 Å². The van der Waals surface area contributed by atoms with Gasteiger partial charge in [-0.25, -0.2) is 0 Å². The zero-order chi connectivity index (χ0) is 12.8. The molecule has 2 rings (SSSR count). The van der Waals surface area contributed by atoms with E-state index in [9.17, 15) is 0 Å². The molecule has 0 N–H and O–H groups in total. The molecule has 2 nitrogen and oxygen atoms in total. The van der Waals surface area contributed by atoms with E-state index in [-0.39, 0.29) is 6.29 Å². The fraction of sp³-hybridized carbons (Fsp3) is 0.625. The lowest BCUT2D eigenvalue weighted by Crippen LogP contribution is -2.16. The lowest BCUT2D eigenvalue weighted by atomic mass is 10.2. The topological polar surface area (TPSA) is 18.5 Å². The number of rotatable bonds is 6. The summed E-state index contributed by atoms with van der Waals surface area (Å²) in [5.41, 5.74) is 1.32. The molecule has 2 heteroatoms. The first-order valence-corrected chi connectivity index (χ1v) is 7.11. The summed E-state index contributed by atoms with van der Waals surface area (Å²) in [5.74, 6) is 2.23. The molecule has 0 radical (unpaired) electrons. The minimum absolute atomic E-state index is 0.144. The molecule has 2 aliphatic carbocycles. The molecule has 0 heterocycles. The first-order valence-electron chi connectivity index (χ1n) is 7.11. The molecule has 100 valence electrons. The van der Waals surface area contributed by atoms with Crippen molar-refractivity contribution in [3.8, 4) is 0 Å². The quantitative estimate of drug-likeness (QED) is 0.494. The summed E-state index contributed by atoms with van der Waals surface area (Å²) >= 11 is 0. The summed E-state index contributed by atoms with van der Waals surface area (Å²) in [7, 11) is 0. The molecule has 0 aliphatic heterocycles. The summed E-state index contributed by atoms with van der Waals surface area (Å²) in [6.45, 7) is 4.20. The van der Waals surface area contributed by atoms with E-state index in [1.54, 1.807) is 0 Å². The maximum atomic E-state index is 6.00. The normalized spacial score (nSPS) is 20.1. The lowest BCUT2D eigenvalue weighted by molar-refractivity contribution is -0.0872. The van der Waals surface area contributed by atoms with Crippen molar-refractivity contribution in [2.24, 2.45) is 0 Å². The molecule has 0 bridgehead atoms. The monoisotopic (exact) mass is 248 g/mol. The van der Waals surface area contributed by atoms with Gasteiger partial charge in [-0.2, -0.15) is 0 Å². The first-order chi connectivity index (χ1) is 8.78. The van der Waals surface area contributed by atoms with E-state index in [2.05, 4.69) is 32.1 Å². The molecule has 0 unspecified atom stereocenters. The van der Waals surface area contributed by atoms with Crippen LogP contribution in [0.4, 0.5) is 0 Å². The Balaban J connectivity index is 1.92. The van der Waals surface area contributed by atoms with Gasteiger partial charge in [-0.1, -0.05) is 11.6 Å². The van der Waals surface area contributed by atoms with Crippen molar-refractivity contribution in [1.82, 2.24) is 0 Å².